The highest BCUT2D eigenvalue weighted by molar-refractivity contribution is 5.97. The number of aryl methyl sites for hydroxylation is 1. The van der Waals surface area contributed by atoms with Gasteiger partial charge in [-0.3, -0.25) is 19.2 Å². The minimum Gasteiger partial charge on any atom is -0.352 e. The molecule has 0 heterocycles. The summed E-state index contributed by atoms with van der Waals surface area (Å²) in [7, 11) is 0. The van der Waals surface area contributed by atoms with Crippen LogP contribution >= 0.6 is 0 Å². The number of anilines is 1. The Kier molecular flexibility index (Phi) is 10.5. The maximum absolute atomic E-state index is 12.7. The molecule has 0 saturated carbocycles. The van der Waals surface area contributed by atoms with Gasteiger partial charge in [-0.1, -0.05) is 48.5 Å². The standard InChI is InChI=1S/C27H36N4O4/c1-19(26(35)30-21-13-9-6-10-14-21)28-24(33)17-22(18-25(34)31-27(2,3)4)29-23(32)16-15-20-11-7-5-8-12-20/h5-14,19,22H,15-18H2,1-4H3,(H,28,33)(H,29,32)(H,30,35)(H,31,34)/t19-,22?/m0/s1. The Morgan fingerprint density at radius 3 is 1.94 bits per heavy atom. The summed E-state index contributed by atoms with van der Waals surface area (Å²) in [6.07, 6.45) is 0.610. The highest BCUT2D eigenvalue weighted by Crippen LogP contribution is 2.08. The van der Waals surface area contributed by atoms with E-state index < -0.39 is 23.5 Å². The Balaban J connectivity index is 1.94. The lowest BCUT2D eigenvalue weighted by atomic mass is 10.0. The molecule has 0 radical (unpaired) electrons. The number of hydrogen-bond acceptors (Lipinski definition) is 4. The van der Waals surface area contributed by atoms with Crippen molar-refractivity contribution in [3.8, 4) is 0 Å². The highest BCUT2D eigenvalue weighted by atomic mass is 16.2. The minimum atomic E-state index is -0.791. The first-order valence-corrected chi connectivity index (χ1v) is 11.8. The van der Waals surface area contributed by atoms with Crippen molar-refractivity contribution in [2.24, 2.45) is 0 Å². The van der Waals surface area contributed by atoms with E-state index in [1.54, 1.807) is 31.2 Å². The molecule has 2 atom stereocenters. The summed E-state index contributed by atoms with van der Waals surface area (Å²) in [6.45, 7) is 7.16. The number of amides is 4. The van der Waals surface area contributed by atoms with Crippen molar-refractivity contribution in [3.63, 3.8) is 0 Å². The van der Waals surface area contributed by atoms with E-state index in [-0.39, 0.29) is 37.0 Å². The molecule has 35 heavy (non-hydrogen) atoms. The SMILES string of the molecule is C[C@H](NC(=O)CC(CC(=O)NC(C)(C)C)NC(=O)CCc1ccccc1)C(=O)Nc1ccccc1. The van der Waals surface area contributed by atoms with Crippen LogP contribution in [0.2, 0.25) is 0 Å². The van der Waals surface area contributed by atoms with Crippen LogP contribution in [0.25, 0.3) is 0 Å². The molecule has 0 aliphatic carbocycles. The predicted molar refractivity (Wildman–Crippen MR) is 136 cm³/mol. The van der Waals surface area contributed by atoms with Gasteiger partial charge in [0, 0.05) is 36.5 Å². The van der Waals surface area contributed by atoms with E-state index in [0.717, 1.165) is 5.56 Å². The van der Waals surface area contributed by atoms with Gasteiger partial charge in [0.15, 0.2) is 0 Å². The van der Waals surface area contributed by atoms with Gasteiger partial charge in [-0.2, -0.15) is 0 Å². The first-order valence-electron chi connectivity index (χ1n) is 11.8. The molecule has 4 N–H and O–H groups in total. The molecule has 0 fully saturated rings. The molecule has 8 nitrogen and oxygen atoms in total. The van der Waals surface area contributed by atoms with Crippen molar-refractivity contribution in [1.82, 2.24) is 16.0 Å². The lowest BCUT2D eigenvalue weighted by molar-refractivity contribution is -0.128. The Labute approximate surface area is 207 Å². The van der Waals surface area contributed by atoms with Gasteiger partial charge in [-0.25, -0.2) is 0 Å². The van der Waals surface area contributed by atoms with Crippen molar-refractivity contribution in [1.29, 1.82) is 0 Å². The minimum absolute atomic E-state index is 0.0492. The van der Waals surface area contributed by atoms with E-state index in [2.05, 4.69) is 21.3 Å². The molecular formula is C27H36N4O4. The van der Waals surface area contributed by atoms with E-state index in [9.17, 15) is 19.2 Å². The third-order valence-electron chi connectivity index (χ3n) is 5.04. The van der Waals surface area contributed by atoms with Crippen LogP contribution in [0.1, 0.15) is 52.5 Å². The summed E-state index contributed by atoms with van der Waals surface area (Å²) in [5, 5.41) is 11.1. The number of nitrogens with one attached hydrogen (secondary N) is 4. The van der Waals surface area contributed by atoms with Crippen LogP contribution in [-0.4, -0.2) is 41.3 Å². The third-order valence-corrected chi connectivity index (χ3v) is 5.04. The van der Waals surface area contributed by atoms with Crippen LogP contribution < -0.4 is 21.3 Å². The van der Waals surface area contributed by atoms with Crippen LogP contribution in [-0.2, 0) is 25.6 Å². The van der Waals surface area contributed by atoms with E-state index in [4.69, 9.17) is 0 Å². The van der Waals surface area contributed by atoms with Crippen LogP contribution in [0.5, 0.6) is 0 Å². The van der Waals surface area contributed by atoms with Gasteiger partial charge >= 0.3 is 0 Å². The van der Waals surface area contributed by atoms with E-state index in [1.165, 1.54) is 0 Å². The maximum atomic E-state index is 12.7. The van der Waals surface area contributed by atoms with Gasteiger partial charge in [-0.15, -0.1) is 0 Å². The van der Waals surface area contributed by atoms with Crippen molar-refractivity contribution in [2.45, 2.75) is 71.0 Å². The number of para-hydroxylation sites is 1. The molecule has 0 bridgehead atoms. The summed E-state index contributed by atoms with van der Waals surface area (Å²) in [6, 6.07) is 17.1. The summed E-state index contributed by atoms with van der Waals surface area (Å²) in [5.74, 6) is -1.31. The third kappa shape index (κ3) is 11.3. The summed E-state index contributed by atoms with van der Waals surface area (Å²) >= 11 is 0. The average Bonchev–Trinajstić information content (AvgIpc) is 2.77. The summed E-state index contributed by atoms with van der Waals surface area (Å²) in [5.41, 5.74) is 1.22. The summed E-state index contributed by atoms with van der Waals surface area (Å²) in [4.78, 5) is 50.1. The molecule has 0 aliphatic rings. The van der Waals surface area contributed by atoms with Gasteiger partial charge in [0.1, 0.15) is 6.04 Å². The van der Waals surface area contributed by atoms with Crippen molar-refractivity contribution in [2.75, 3.05) is 5.32 Å². The van der Waals surface area contributed by atoms with Gasteiger partial charge in [0.2, 0.25) is 23.6 Å². The molecule has 0 saturated heterocycles. The highest BCUT2D eigenvalue weighted by Gasteiger charge is 2.24. The molecule has 0 aromatic heterocycles. The van der Waals surface area contributed by atoms with E-state index in [0.29, 0.717) is 12.1 Å². The molecule has 0 spiro atoms. The number of hydrogen-bond donors (Lipinski definition) is 4. The Hall–Kier alpha value is -3.68. The first-order chi connectivity index (χ1) is 16.5. The largest absolute Gasteiger partial charge is 0.352 e. The topological polar surface area (TPSA) is 116 Å². The normalized spacial score (nSPS) is 12.7. The zero-order valence-corrected chi connectivity index (χ0v) is 20.9. The molecule has 1 unspecified atom stereocenters. The molecule has 2 rings (SSSR count). The Morgan fingerprint density at radius 1 is 0.771 bits per heavy atom. The lowest BCUT2D eigenvalue weighted by Gasteiger charge is -2.24. The second-order valence-corrected chi connectivity index (χ2v) is 9.60. The second-order valence-electron chi connectivity index (χ2n) is 9.60. The zero-order valence-electron chi connectivity index (χ0n) is 20.9. The fourth-order valence-corrected chi connectivity index (χ4v) is 3.43. The quantitative estimate of drug-likeness (QED) is 0.396. The van der Waals surface area contributed by atoms with Gasteiger partial charge < -0.3 is 21.3 Å². The van der Waals surface area contributed by atoms with Crippen molar-refractivity contribution in [3.05, 3.63) is 66.2 Å². The predicted octanol–water partition coefficient (Wildman–Crippen LogP) is 2.94. The van der Waals surface area contributed by atoms with E-state index in [1.807, 2.05) is 57.2 Å². The summed E-state index contributed by atoms with van der Waals surface area (Å²) < 4.78 is 0. The molecular weight excluding hydrogens is 444 g/mol. The number of rotatable bonds is 11. The first kappa shape index (κ1) is 27.6. The average molecular weight is 481 g/mol. The fourth-order valence-electron chi connectivity index (χ4n) is 3.43. The molecule has 2 aromatic rings. The molecule has 4 amide bonds. The lowest BCUT2D eigenvalue weighted by Crippen LogP contribution is -2.48. The van der Waals surface area contributed by atoms with E-state index >= 15 is 0 Å². The molecule has 2 aromatic carbocycles. The van der Waals surface area contributed by atoms with Gasteiger partial charge in [0.05, 0.1) is 0 Å². The monoisotopic (exact) mass is 480 g/mol. The fraction of sp³-hybridized carbons (Fsp3) is 0.407. The van der Waals surface area contributed by atoms with Crippen LogP contribution in [0.3, 0.4) is 0 Å². The maximum Gasteiger partial charge on any atom is 0.246 e. The molecule has 188 valence electrons. The number of carbonyl (C=O) groups is 4. The van der Waals surface area contributed by atoms with Crippen molar-refractivity contribution >= 4 is 29.3 Å². The molecule has 8 heteroatoms. The van der Waals surface area contributed by atoms with Gasteiger partial charge in [-0.05, 0) is 51.8 Å². The van der Waals surface area contributed by atoms with Crippen LogP contribution in [0.4, 0.5) is 5.69 Å². The van der Waals surface area contributed by atoms with Crippen LogP contribution in [0, 0.1) is 0 Å². The number of carbonyl (C=O) groups excluding carboxylic acids is 4. The van der Waals surface area contributed by atoms with Crippen LogP contribution in [0.15, 0.2) is 60.7 Å². The zero-order chi connectivity index (χ0) is 25.8. The Morgan fingerprint density at radius 2 is 1.34 bits per heavy atom. The second kappa shape index (κ2) is 13.3. The Bertz CT molecular complexity index is 987. The number of benzene rings is 2. The van der Waals surface area contributed by atoms with Crippen molar-refractivity contribution < 1.29 is 19.2 Å². The molecule has 0 aliphatic heterocycles. The smallest absolute Gasteiger partial charge is 0.246 e. The van der Waals surface area contributed by atoms with Gasteiger partial charge in [0.25, 0.3) is 0 Å².